The smallest absolute Gasteiger partial charge is 0.267 e. The topological polar surface area (TPSA) is 96.2 Å². The van der Waals surface area contributed by atoms with Crippen molar-refractivity contribution in [3.05, 3.63) is 64.6 Å². The van der Waals surface area contributed by atoms with Gasteiger partial charge in [0.25, 0.3) is 5.56 Å². The molecule has 24 heavy (non-hydrogen) atoms. The van der Waals surface area contributed by atoms with E-state index in [1.54, 1.807) is 18.2 Å². The summed E-state index contributed by atoms with van der Waals surface area (Å²) in [6.07, 6.45) is 0. The van der Waals surface area contributed by atoms with Crippen LogP contribution >= 0.6 is 0 Å². The monoisotopic (exact) mass is 316 g/mol. The molecule has 7 heteroatoms. The summed E-state index contributed by atoms with van der Waals surface area (Å²) in [5, 5.41) is 26.0. The molecule has 7 nitrogen and oxygen atoms in total. The number of aromatic nitrogens is 4. The Hall–Kier alpha value is -3.48. The SMILES string of the molecule is Cc1nnc(N=Nc2n[nH]c(=O)c3ccccc23)c2ccccc12. The van der Waals surface area contributed by atoms with Crippen molar-refractivity contribution in [3.63, 3.8) is 0 Å². The van der Waals surface area contributed by atoms with Crippen LogP contribution in [0.25, 0.3) is 21.5 Å². The van der Waals surface area contributed by atoms with Crippen molar-refractivity contribution in [2.75, 3.05) is 0 Å². The first kappa shape index (κ1) is 14.1. The Morgan fingerprint density at radius 2 is 1.38 bits per heavy atom. The summed E-state index contributed by atoms with van der Waals surface area (Å²) in [5.74, 6) is 0.741. The van der Waals surface area contributed by atoms with Crippen molar-refractivity contribution in [1.29, 1.82) is 0 Å². The molecule has 0 aliphatic heterocycles. The van der Waals surface area contributed by atoms with E-state index in [4.69, 9.17) is 0 Å². The van der Waals surface area contributed by atoms with Crippen LogP contribution in [-0.4, -0.2) is 20.4 Å². The van der Waals surface area contributed by atoms with Crippen molar-refractivity contribution in [2.45, 2.75) is 6.92 Å². The lowest BCUT2D eigenvalue weighted by Crippen LogP contribution is -2.07. The quantitative estimate of drug-likeness (QED) is 0.571. The highest BCUT2D eigenvalue weighted by Gasteiger charge is 2.07. The summed E-state index contributed by atoms with van der Waals surface area (Å²) in [4.78, 5) is 11.8. The maximum atomic E-state index is 11.8. The second-order valence-corrected chi connectivity index (χ2v) is 5.28. The van der Waals surface area contributed by atoms with Crippen LogP contribution in [0.1, 0.15) is 5.69 Å². The van der Waals surface area contributed by atoms with Gasteiger partial charge in [-0.2, -0.15) is 5.10 Å². The summed E-state index contributed by atoms with van der Waals surface area (Å²) < 4.78 is 0. The Balaban J connectivity index is 1.87. The first-order chi connectivity index (χ1) is 11.7. The lowest BCUT2D eigenvalue weighted by molar-refractivity contribution is 0.958. The van der Waals surface area contributed by atoms with Crippen LogP contribution in [0.15, 0.2) is 63.6 Å². The maximum Gasteiger partial charge on any atom is 0.272 e. The second kappa shape index (κ2) is 5.62. The van der Waals surface area contributed by atoms with Crippen molar-refractivity contribution in [1.82, 2.24) is 20.4 Å². The van der Waals surface area contributed by atoms with Crippen molar-refractivity contribution < 1.29 is 0 Å². The fourth-order valence-electron chi connectivity index (χ4n) is 2.57. The van der Waals surface area contributed by atoms with Gasteiger partial charge >= 0.3 is 0 Å². The molecule has 2 aromatic carbocycles. The van der Waals surface area contributed by atoms with Gasteiger partial charge in [-0.15, -0.1) is 20.4 Å². The van der Waals surface area contributed by atoms with Crippen molar-refractivity contribution >= 4 is 33.2 Å². The second-order valence-electron chi connectivity index (χ2n) is 5.28. The van der Waals surface area contributed by atoms with E-state index in [0.717, 1.165) is 16.5 Å². The van der Waals surface area contributed by atoms with Crippen LogP contribution in [0, 0.1) is 6.92 Å². The number of aryl methyl sites for hydroxylation is 1. The maximum absolute atomic E-state index is 11.8. The third-order valence-electron chi connectivity index (χ3n) is 3.77. The van der Waals surface area contributed by atoms with Crippen LogP contribution < -0.4 is 5.56 Å². The highest BCUT2D eigenvalue weighted by molar-refractivity contribution is 5.92. The predicted octanol–water partition coefficient (Wildman–Crippen LogP) is 3.59. The first-order valence-corrected chi connectivity index (χ1v) is 7.35. The van der Waals surface area contributed by atoms with Gasteiger partial charge in [0.1, 0.15) is 0 Å². The molecule has 0 aliphatic carbocycles. The highest BCUT2D eigenvalue weighted by Crippen LogP contribution is 2.27. The third-order valence-corrected chi connectivity index (χ3v) is 3.77. The molecule has 0 aliphatic rings. The molecule has 2 aromatic heterocycles. The fraction of sp³-hybridized carbons (Fsp3) is 0.0588. The Morgan fingerprint density at radius 1 is 0.792 bits per heavy atom. The minimum Gasteiger partial charge on any atom is -0.267 e. The number of fused-ring (bicyclic) bond motifs is 2. The molecule has 0 atom stereocenters. The van der Waals surface area contributed by atoms with E-state index in [2.05, 4.69) is 30.6 Å². The zero-order valence-corrected chi connectivity index (χ0v) is 12.8. The van der Waals surface area contributed by atoms with Gasteiger partial charge in [0.2, 0.25) is 11.6 Å². The molecular formula is C17H12N6O. The number of azo groups is 1. The van der Waals surface area contributed by atoms with E-state index >= 15 is 0 Å². The van der Waals surface area contributed by atoms with E-state index in [1.807, 2.05) is 37.3 Å². The van der Waals surface area contributed by atoms with Gasteiger partial charge in [0, 0.05) is 16.2 Å². The number of rotatable bonds is 2. The number of hydrogen-bond donors (Lipinski definition) is 1. The van der Waals surface area contributed by atoms with Gasteiger partial charge < -0.3 is 0 Å². The number of hydrogen-bond acceptors (Lipinski definition) is 6. The van der Waals surface area contributed by atoms with Crippen molar-refractivity contribution in [2.24, 2.45) is 10.2 Å². The summed E-state index contributed by atoms with van der Waals surface area (Å²) >= 11 is 0. The number of nitrogens with one attached hydrogen (secondary N) is 1. The standard InChI is InChI=1S/C17H12N6O/c1-10-11-6-2-3-7-12(11)15(19-18-10)20-21-16-13-8-4-5-9-14(13)17(24)23-22-16/h2-9H,1H3,(H,23,24). The van der Waals surface area contributed by atoms with E-state index in [0.29, 0.717) is 22.4 Å². The molecule has 0 saturated heterocycles. The molecule has 0 saturated carbocycles. The van der Waals surface area contributed by atoms with E-state index in [-0.39, 0.29) is 5.56 Å². The van der Waals surface area contributed by atoms with E-state index in [1.165, 1.54) is 0 Å². The molecule has 0 amide bonds. The van der Waals surface area contributed by atoms with Gasteiger partial charge in [-0.3, -0.25) is 4.79 Å². The molecule has 0 bridgehead atoms. The number of benzene rings is 2. The zero-order valence-electron chi connectivity index (χ0n) is 12.8. The molecular weight excluding hydrogens is 304 g/mol. The van der Waals surface area contributed by atoms with Crippen LogP contribution in [0.5, 0.6) is 0 Å². The summed E-state index contributed by atoms with van der Waals surface area (Å²) in [6, 6.07) is 14.8. The van der Waals surface area contributed by atoms with Crippen LogP contribution in [-0.2, 0) is 0 Å². The molecule has 0 spiro atoms. The molecule has 116 valence electrons. The first-order valence-electron chi connectivity index (χ1n) is 7.35. The summed E-state index contributed by atoms with van der Waals surface area (Å²) in [7, 11) is 0. The Labute approximate surface area is 136 Å². The van der Waals surface area contributed by atoms with Crippen LogP contribution in [0.4, 0.5) is 11.6 Å². The van der Waals surface area contributed by atoms with Crippen LogP contribution in [0.3, 0.4) is 0 Å². The lowest BCUT2D eigenvalue weighted by Gasteiger charge is -2.02. The minimum atomic E-state index is -0.259. The average molecular weight is 316 g/mol. The van der Waals surface area contributed by atoms with Gasteiger partial charge in [0.05, 0.1) is 11.1 Å². The van der Waals surface area contributed by atoms with E-state index in [9.17, 15) is 4.79 Å². The molecule has 2 heterocycles. The molecule has 1 N–H and O–H groups in total. The normalized spacial score (nSPS) is 11.5. The Morgan fingerprint density at radius 3 is 2.12 bits per heavy atom. The number of nitrogens with zero attached hydrogens (tertiary/aromatic N) is 5. The average Bonchev–Trinajstić information content (AvgIpc) is 2.63. The summed E-state index contributed by atoms with van der Waals surface area (Å²) in [5.41, 5.74) is 0.572. The van der Waals surface area contributed by atoms with Crippen LogP contribution in [0.2, 0.25) is 0 Å². The summed E-state index contributed by atoms with van der Waals surface area (Å²) in [6.45, 7) is 1.90. The number of aromatic amines is 1. The molecule has 4 aromatic rings. The fourth-order valence-corrected chi connectivity index (χ4v) is 2.57. The molecule has 4 rings (SSSR count). The molecule has 0 fully saturated rings. The van der Waals surface area contributed by atoms with Gasteiger partial charge in [-0.1, -0.05) is 42.5 Å². The Kier molecular flexibility index (Phi) is 3.31. The van der Waals surface area contributed by atoms with Crippen molar-refractivity contribution in [3.8, 4) is 0 Å². The molecule has 0 radical (unpaired) electrons. The number of H-pyrrole nitrogens is 1. The zero-order chi connectivity index (χ0) is 16.5. The van der Waals surface area contributed by atoms with E-state index < -0.39 is 0 Å². The molecule has 0 unspecified atom stereocenters. The van der Waals surface area contributed by atoms with Gasteiger partial charge in [0.15, 0.2) is 0 Å². The third kappa shape index (κ3) is 2.32. The Bertz CT molecular complexity index is 1150. The highest BCUT2D eigenvalue weighted by atomic mass is 16.1. The largest absolute Gasteiger partial charge is 0.272 e. The van der Waals surface area contributed by atoms with Gasteiger partial charge in [-0.25, -0.2) is 5.10 Å². The predicted molar refractivity (Wildman–Crippen MR) is 90.8 cm³/mol. The van der Waals surface area contributed by atoms with Gasteiger partial charge in [-0.05, 0) is 13.0 Å². The minimum absolute atomic E-state index is 0.259. The lowest BCUT2D eigenvalue weighted by atomic mass is 10.1.